The first-order chi connectivity index (χ1) is 23.8. The van der Waals surface area contributed by atoms with Gasteiger partial charge in [-0.2, -0.15) is 0 Å². The van der Waals surface area contributed by atoms with Crippen LogP contribution in [0.5, 0.6) is 0 Å². The first kappa shape index (κ1) is 29.0. The number of hydrogen-bond donors (Lipinski definition) is 0. The monoisotopic (exact) mass is 613 g/mol. The molecular formula is C45H31N3. The molecule has 226 valence electrons. The fourth-order valence-corrected chi connectivity index (χ4v) is 6.02. The third kappa shape index (κ3) is 6.18. The van der Waals surface area contributed by atoms with Crippen LogP contribution in [0, 0.1) is 0 Å². The Morgan fingerprint density at radius 3 is 0.875 bits per heavy atom. The average molecular weight is 614 g/mol. The van der Waals surface area contributed by atoms with Gasteiger partial charge in [-0.25, -0.2) is 15.0 Å². The van der Waals surface area contributed by atoms with E-state index in [2.05, 4.69) is 152 Å². The fraction of sp³-hybridized carbons (Fsp3) is 0. The van der Waals surface area contributed by atoms with E-state index in [1.165, 1.54) is 22.3 Å². The highest BCUT2D eigenvalue weighted by Crippen LogP contribution is 2.32. The highest BCUT2D eigenvalue weighted by Gasteiger charge is 2.13. The molecule has 0 saturated carbocycles. The molecule has 0 saturated heterocycles. The molecule has 0 aliphatic carbocycles. The van der Waals surface area contributed by atoms with Gasteiger partial charge in [0.05, 0.1) is 0 Å². The summed E-state index contributed by atoms with van der Waals surface area (Å²) in [5.74, 6) is 1.93. The van der Waals surface area contributed by atoms with Crippen molar-refractivity contribution in [2.45, 2.75) is 0 Å². The van der Waals surface area contributed by atoms with E-state index in [9.17, 15) is 0 Å². The number of benzene rings is 7. The van der Waals surface area contributed by atoms with E-state index in [4.69, 9.17) is 15.0 Å². The van der Waals surface area contributed by atoms with E-state index < -0.39 is 0 Å². The molecule has 0 N–H and O–H groups in total. The number of aromatic nitrogens is 3. The molecule has 1 heterocycles. The summed E-state index contributed by atoms with van der Waals surface area (Å²) < 4.78 is 0. The molecule has 0 fully saturated rings. The average Bonchev–Trinajstić information content (AvgIpc) is 3.19. The van der Waals surface area contributed by atoms with Crippen LogP contribution in [0.2, 0.25) is 0 Å². The Bertz CT molecular complexity index is 2310. The second kappa shape index (κ2) is 13.1. The molecule has 0 amide bonds. The van der Waals surface area contributed by atoms with Gasteiger partial charge < -0.3 is 0 Å². The van der Waals surface area contributed by atoms with E-state index in [-0.39, 0.29) is 0 Å². The molecule has 8 aromatic rings. The second-order valence-electron chi connectivity index (χ2n) is 11.7. The van der Waals surface area contributed by atoms with Crippen LogP contribution in [-0.2, 0) is 0 Å². The zero-order valence-electron chi connectivity index (χ0n) is 26.2. The van der Waals surface area contributed by atoms with Crippen LogP contribution in [0.1, 0.15) is 0 Å². The highest BCUT2D eigenvalue weighted by molar-refractivity contribution is 5.78. The molecule has 3 nitrogen and oxygen atoms in total. The minimum atomic E-state index is 0.641. The molecule has 7 aromatic carbocycles. The molecule has 3 heteroatoms. The van der Waals surface area contributed by atoms with Gasteiger partial charge in [-0.05, 0) is 62.7 Å². The van der Waals surface area contributed by atoms with Crippen molar-refractivity contribution in [3.63, 3.8) is 0 Å². The lowest BCUT2D eigenvalue weighted by atomic mass is 9.96. The molecule has 48 heavy (non-hydrogen) atoms. The molecule has 0 aliphatic rings. The van der Waals surface area contributed by atoms with E-state index >= 15 is 0 Å². The quantitative estimate of drug-likeness (QED) is 0.179. The summed E-state index contributed by atoms with van der Waals surface area (Å²) in [5.41, 5.74) is 12.2. The van der Waals surface area contributed by atoms with Crippen molar-refractivity contribution < 1.29 is 0 Å². The molecule has 0 bridgehead atoms. The molecule has 8 rings (SSSR count). The first-order valence-electron chi connectivity index (χ1n) is 16.1. The Morgan fingerprint density at radius 2 is 0.438 bits per heavy atom. The van der Waals surface area contributed by atoms with E-state index in [1.807, 2.05) is 36.4 Å². The maximum Gasteiger partial charge on any atom is 0.164 e. The minimum absolute atomic E-state index is 0.641. The van der Waals surface area contributed by atoms with E-state index in [0.29, 0.717) is 17.5 Å². The predicted octanol–water partition coefficient (Wildman–Crippen LogP) is 11.5. The van der Waals surface area contributed by atoms with Crippen LogP contribution in [-0.4, -0.2) is 15.0 Å². The highest BCUT2D eigenvalue weighted by atomic mass is 15.0. The van der Waals surface area contributed by atoms with Crippen molar-refractivity contribution >= 4 is 0 Å². The summed E-state index contributed by atoms with van der Waals surface area (Å²) in [6.45, 7) is 0. The Balaban J connectivity index is 1.14. The molecule has 0 atom stereocenters. The molecule has 1 aromatic heterocycles. The lowest BCUT2D eigenvalue weighted by Crippen LogP contribution is -2.00. The van der Waals surface area contributed by atoms with Crippen molar-refractivity contribution in [1.29, 1.82) is 0 Å². The van der Waals surface area contributed by atoms with Crippen molar-refractivity contribution in [3.8, 4) is 78.7 Å². The summed E-state index contributed by atoms with van der Waals surface area (Å²) in [6.07, 6.45) is 0. The van der Waals surface area contributed by atoms with Crippen LogP contribution in [0.15, 0.2) is 188 Å². The Labute approximate surface area is 280 Å². The fourth-order valence-electron chi connectivity index (χ4n) is 6.02. The topological polar surface area (TPSA) is 38.7 Å². The lowest BCUT2D eigenvalue weighted by molar-refractivity contribution is 1.07. The summed E-state index contributed by atoms with van der Waals surface area (Å²) >= 11 is 0. The Hall–Kier alpha value is -6.45. The van der Waals surface area contributed by atoms with E-state index in [1.54, 1.807) is 0 Å². The van der Waals surface area contributed by atoms with Gasteiger partial charge in [0.25, 0.3) is 0 Å². The predicted molar refractivity (Wildman–Crippen MR) is 198 cm³/mol. The van der Waals surface area contributed by atoms with Gasteiger partial charge in [-0.1, -0.05) is 170 Å². The van der Waals surface area contributed by atoms with Crippen LogP contribution in [0.4, 0.5) is 0 Å². The third-order valence-corrected chi connectivity index (χ3v) is 8.54. The van der Waals surface area contributed by atoms with Crippen LogP contribution in [0.3, 0.4) is 0 Å². The number of hydrogen-bond acceptors (Lipinski definition) is 3. The smallest absolute Gasteiger partial charge is 0.164 e. The molecule has 0 spiro atoms. The van der Waals surface area contributed by atoms with Crippen LogP contribution < -0.4 is 0 Å². The zero-order chi connectivity index (χ0) is 32.1. The van der Waals surface area contributed by atoms with Gasteiger partial charge in [-0.15, -0.1) is 0 Å². The SMILES string of the molecule is c1ccc(-c2cccc(-c3cccc(-c4ccc(-c5nc(-c6ccccc6)nc(-c6cccc(-c7ccccc7)c6)n5)cc4)c3)c2)cc1. The summed E-state index contributed by atoms with van der Waals surface area (Å²) in [5, 5.41) is 0. The maximum absolute atomic E-state index is 5.00. The molecule has 0 aliphatic heterocycles. The first-order valence-corrected chi connectivity index (χ1v) is 16.1. The molecule has 0 unspecified atom stereocenters. The zero-order valence-corrected chi connectivity index (χ0v) is 26.2. The van der Waals surface area contributed by atoms with Gasteiger partial charge in [0.15, 0.2) is 17.5 Å². The van der Waals surface area contributed by atoms with Crippen LogP contribution >= 0.6 is 0 Å². The van der Waals surface area contributed by atoms with Crippen molar-refractivity contribution in [3.05, 3.63) is 188 Å². The molecule has 0 radical (unpaired) electrons. The Kier molecular flexibility index (Phi) is 7.92. The van der Waals surface area contributed by atoms with Crippen LogP contribution in [0.25, 0.3) is 78.7 Å². The lowest BCUT2D eigenvalue weighted by Gasteiger charge is -2.11. The van der Waals surface area contributed by atoms with Crippen molar-refractivity contribution in [1.82, 2.24) is 15.0 Å². The maximum atomic E-state index is 5.00. The standard InChI is InChI=1S/C45H31N3/c1-4-13-32(14-5-1)37-19-10-22-40(29-37)41-23-11-20-38(30-41)34-25-27-36(28-26-34)44-46-43(35-17-8-3-9-18-35)47-45(48-44)42-24-12-21-39(31-42)33-15-6-2-7-16-33/h1-31H. The summed E-state index contributed by atoms with van der Waals surface area (Å²) in [4.78, 5) is 14.9. The Morgan fingerprint density at radius 1 is 0.188 bits per heavy atom. The largest absolute Gasteiger partial charge is 0.208 e. The van der Waals surface area contributed by atoms with Crippen molar-refractivity contribution in [2.75, 3.05) is 0 Å². The minimum Gasteiger partial charge on any atom is -0.208 e. The number of nitrogens with zero attached hydrogens (tertiary/aromatic N) is 3. The number of rotatable bonds is 7. The second-order valence-corrected chi connectivity index (χ2v) is 11.7. The summed E-state index contributed by atoms with van der Waals surface area (Å²) in [6, 6.07) is 65.3. The van der Waals surface area contributed by atoms with Gasteiger partial charge in [0.2, 0.25) is 0 Å². The molecular weight excluding hydrogens is 583 g/mol. The van der Waals surface area contributed by atoms with Gasteiger partial charge in [0.1, 0.15) is 0 Å². The summed E-state index contributed by atoms with van der Waals surface area (Å²) in [7, 11) is 0. The van der Waals surface area contributed by atoms with Gasteiger partial charge in [-0.3, -0.25) is 0 Å². The third-order valence-electron chi connectivity index (χ3n) is 8.54. The van der Waals surface area contributed by atoms with Crippen molar-refractivity contribution in [2.24, 2.45) is 0 Å². The van der Waals surface area contributed by atoms with Gasteiger partial charge in [0, 0.05) is 16.7 Å². The van der Waals surface area contributed by atoms with E-state index in [0.717, 1.165) is 38.9 Å². The normalized spacial score (nSPS) is 10.9. The van der Waals surface area contributed by atoms with Gasteiger partial charge >= 0.3 is 0 Å².